The zero-order valence-electron chi connectivity index (χ0n) is 8.88. The smallest absolute Gasteiger partial charge is 0.252 e. The first-order valence-corrected chi connectivity index (χ1v) is 6.94. The fourth-order valence-electron chi connectivity index (χ4n) is 1.11. The summed E-state index contributed by atoms with van der Waals surface area (Å²) in [5, 5.41) is 8.63. The molecule has 0 spiro atoms. The molecule has 0 unspecified atom stereocenters. The van der Waals surface area contributed by atoms with Crippen molar-refractivity contribution in [3.63, 3.8) is 0 Å². The van der Waals surface area contributed by atoms with E-state index in [4.69, 9.17) is 11.0 Å². The van der Waals surface area contributed by atoms with E-state index >= 15 is 0 Å². The van der Waals surface area contributed by atoms with E-state index in [1.165, 1.54) is 23.5 Å². The van der Waals surface area contributed by atoms with Crippen molar-refractivity contribution in [1.29, 1.82) is 5.26 Å². The second-order valence-electron chi connectivity index (χ2n) is 3.20. The standard InChI is InChI=1S/C9H13N3O2S2/c1-12(6-2-5-10)16(13,14)9-4-3-8(7-11)15-9/h3-4H,2,5-6,10H2,1H3. The largest absolute Gasteiger partial charge is 0.330 e. The molecule has 0 saturated heterocycles. The van der Waals surface area contributed by atoms with Gasteiger partial charge in [0.2, 0.25) is 0 Å². The number of rotatable bonds is 5. The van der Waals surface area contributed by atoms with Crippen molar-refractivity contribution in [2.24, 2.45) is 5.73 Å². The number of thiophene rings is 1. The summed E-state index contributed by atoms with van der Waals surface area (Å²) in [6.45, 7) is 0.840. The molecular weight excluding hydrogens is 246 g/mol. The molecule has 0 bridgehead atoms. The van der Waals surface area contributed by atoms with Crippen LogP contribution in [-0.2, 0) is 10.0 Å². The first-order chi connectivity index (χ1) is 7.52. The molecule has 0 radical (unpaired) electrons. The lowest BCUT2D eigenvalue weighted by molar-refractivity contribution is 0.465. The number of nitriles is 1. The lowest BCUT2D eigenvalue weighted by Crippen LogP contribution is -2.28. The summed E-state index contributed by atoms with van der Waals surface area (Å²) in [5.74, 6) is 0. The topological polar surface area (TPSA) is 87.2 Å². The predicted octanol–water partition coefficient (Wildman–Crippen LogP) is 0.589. The zero-order valence-corrected chi connectivity index (χ0v) is 10.5. The van der Waals surface area contributed by atoms with Crippen molar-refractivity contribution in [2.75, 3.05) is 20.1 Å². The minimum atomic E-state index is -3.46. The van der Waals surface area contributed by atoms with Gasteiger partial charge in [-0.15, -0.1) is 11.3 Å². The van der Waals surface area contributed by atoms with E-state index in [-0.39, 0.29) is 4.21 Å². The average Bonchev–Trinajstić information content (AvgIpc) is 2.74. The maximum atomic E-state index is 12.0. The Morgan fingerprint density at radius 1 is 1.56 bits per heavy atom. The molecule has 0 atom stereocenters. The van der Waals surface area contributed by atoms with Gasteiger partial charge in [-0.05, 0) is 25.1 Å². The molecule has 1 aromatic heterocycles. The van der Waals surface area contributed by atoms with Gasteiger partial charge in [-0.25, -0.2) is 12.7 Å². The van der Waals surface area contributed by atoms with Crippen molar-refractivity contribution in [3.8, 4) is 6.07 Å². The van der Waals surface area contributed by atoms with Crippen molar-refractivity contribution >= 4 is 21.4 Å². The van der Waals surface area contributed by atoms with Crippen molar-refractivity contribution in [2.45, 2.75) is 10.6 Å². The number of hydrogen-bond donors (Lipinski definition) is 1. The number of hydrogen-bond acceptors (Lipinski definition) is 5. The highest BCUT2D eigenvalue weighted by molar-refractivity contribution is 7.91. The molecule has 5 nitrogen and oxygen atoms in total. The maximum absolute atomic E-state index is 12.0. The molecule has 0 fully saturated rings. The molecule has 0 amide bonds. The van der Waals surface area contributed by atoms with Crippen LogP contribution < -0.4 is 5.73 Å². The molecule has 0 aromatic carbocycles. The van der Waals surface area contributed by atoms with Crippen LogP contribution in [0.3, 0.4) is 0 Å². The lowest BCUT2D eigenvalue weighted by Gasteiger charge is -2.14. The van der Waals surface area contributed by atoms with Crippen LogP contribution >= 0.6 is 11.3 Å². The highest BCUT2D eigenvalue weighted by atomic mass is 32.2. The minimum Gasteiger partial charge on any atom is -0.330 e. The summed E-state index contributed by atoms with van der Waals surface area (Å²) in [7, 11) is -1.94. The van der Waals surface area contributed by atoms with Gasteiger partial charge in [-0.2, -0.15) is 5.26 Å². The zero-order chi connectivity index (χ0) is 12.2. The van der Waals surface area contributed by atoms with Crippen LogP contribution in [0.1, 0.15) is 11.3 Å². The van der Waals surface area contributed by atoms with Crippen LogP contribution in [0, 0.1) is 11.3 Å². The Morgan fingerprint density at radius 2 is 2.25 bits per heavy atom. The van der Waals surface area contributed by atoms with Gasteiger partial charge >= 0.3 is 0 Å². The first kappa shape index (κ1) is 13.1. The van der Waals surface area contributed by atoms with Gasteiger partial charge in [0.05, 0.1) is 0 Å². The van der Waals surface area contributed by atoms with Crippen LogP contribution in [0.4, 0.5) is 0 Å². The summed E-state index contributed by atoms with van der Waals surface area (Å²) >= 11 is 0.980. The Hall–Kier alpha value is -0.940. The van der Waals surface area contributed by atoms with E-state index in [1.54, 1.807) is 0 Å². The molecule has 7 heteroatoms. The maximum Gasteiger partial charge on any atom is 0.252 e. The van der Waals surface area contributed by atoms with Crippen LogP contribution in [0.5, 0.6) is 0 Å². The third-order valence-electron chi connectivity index (χ3n) is 2.03. The van der Waals surface area contributed by atoms with E-state index < -0.39 is 10.0 Å². The lowest BCUT2D eigenvalue weighted by atomic mass is 10.4. The van der Waals surface area contributed by atoms with Gasteiger partial charge < -0.3 is 5.73 Å². The molecule has 1 aromatic rings. The SMILES string of the molecule is CN(CCCN)S(=O)(=O)c1ccc(C#N)s1. The highest BCUT2D eigenvalue weighted by Gasteiger charge is 2.22. The molecule has 0 aliphatic rings. The molecule has 0 aliphatic carbocycles. The van der Waals surface area contributed by atoms with E-state index in [2.05, 4.69) is 0 Å². The Morgan fingerprint density at radius 3 is 2.75 bits per heavy atom. The molecule has 1 heterocycles. The van der Waals surface area contributed by atoms with Crippen LogP contribution in [0.15, 0.2) is 16.3 Å². The third-order valence-corrected chi connectivity index (χ3v) is 5.35. The number of nitrogens with zero attached hydrogens (tertiary/aromatic N) is 2. The second kappa shape index (κ2) is 5.41. The predicted molar refractivity (Wildman–Crippen MR) is 62.5 cm³/mol. The van der Waals surface area contributed by atoms with Crippen LogP contribution in [-0.4, -0.2) is 32.9 Å². The van der Waals surface area contributed by atoms with E-state index in [0.717, 1.165) is 11.3 Å². The summed E-state index contributed by atoms with van der Waals surface area (Å²) in [4.78, 5) is 0.394. The van der Waals surface area contributed by atoms with Crippen molar-refractivity contribution < 1.29 is 8.42 Å². The quantitative estimate of drug-likeness (QED) is 0.838. The molecular formula is C9H13N3O2S2. The molecule has 16 heavy (non-hydrogen) atoms. The van der Waals surface area contributed by atoms with Gasteiger partial charge in [-0.1, -0.05) is 0 Å². The van der Waals surface area contributed by atoms with Gasteiger partial charge in [0.15, 0.2) is 0 Å². The monoisotopic (exact) mass is 259 g/mol. The van der Waals surface area contributed by atoms with Crippen LogP contribution in [0.2, 0.25) is 0 Å². The summed E-state index contributed by atoms with van der Waals surface area (Å²) < 4.78 is 25.4. The number of sulfonamides is 1. The van der Waals surface area contributed by atoms with Gasteiger partial charge in [0.25, 0.3) is 10.0 Å². The van der Waals surface area contributed by atoms with Crippen molar-refractivity contribution in [3.05, 3.63) is 17.0 Å². The Labute approximate surface area is 99.1 Å². The molecule has 1 rings (SSSR count). The van der Waals surface area contributed by atoms with Crippen LogP contribution in [0.25, 0.3) is 0 Å². The normalized spacial score (nSPS) is 11.6. The Balaban J connectivity index is 2.89. The fraction of sp³-hybridized carbons (Fsp3) is 0.444. The van der Waals surface area contributed by atoms with Gasteiger partial charge in [-0.3, -0.25) is 0 Å². The average molecular weight is 259 g/mol. The van der Waals surface area contributed by atoms with Gasteiger partial charge in [0, 0.05) is 13.6 Å². The Kier molecular flexibility index (Phi) is 4.44. The molecule has 2 N–H and O–H groups in total. The Bertz CT molecular complexity index is 487. The summed E-state index contributed by atoms with van der Waals surface area (Å²) in [5.41, 5.74) is 5.32. The number of nitrogens with two attached hydrogens (primary N) is 1. The first-order valence-electron chi connectivity index (χ1n) is 4.68. The molecule has 0 saturated carbocycles. The minimum absolute atomic E-state index is 0.198. The summed E-state index contributed by atoms with van der Waals surface area (Å²) in [6, 6.07) is 4.88. The fourth-order valence-corrected chi connectivity index (χ4v) is 3.63. The molecule has 0 aliphatic heterocycles. The van der Waals surface area contributed by atoms with Gasteiger partial charge in [0.1, 0.15) is 15.2 Å². The van der Waals surface area contributed by atoms with E-state index in [1.807, 2.05) is 6.07 Å². The highest BCUT2D eigenvalue weighted by Crippen LogP contribution is 2.23. The van der Waals surface area contributed by atoms with E-state index in [0.29, 0.717) is 24.4 Å². The van der Waals surface area contributed by atoms with Crippen molar-refractivity contribution in [1.82, 2.24) is 4.31 Å². The third kappa shape index (κ3) is 2.80. The second-order valence-corrected chi connectivity index (χ2v) is 6.55. The van der Waals surface area contributed by atoms with E-state index in [9.17, 15) is 8.42 Å². The summed E-state index contributed by atoms with van der Waals surface area (Å²) in [6.07, 6.45) is 0.617. The molecule has 88 valence electrons.